The van der Waals surface area contributed by atoms with Crippen molar-refractivity contribution in [2.75, 3.05) is 57.2 Å². The molecule has 222 valence electrons. The fourth-order valence-electron chi connectivity index (χ4n) is 5.22. The molecule has 1 aliphatic rings. The smallest absolute Gasteiger partial charge is 0.324 e. The number of aromatic nitrogens is 2. The number of carbonyl (C=O) groups excluding carboxylic acids is 1. The maximum atomic E-state index is 13.4. The van der Waals surface area contributed by atoms with Gasteiger partial charge in [-0.2, -0.15) is 5.10 Å². The second-order valence-electron chi connectivity index (χ2n) is 11.7. The van der Waals surface area contributed by atoms with Crippen LogP contribution in [0.25, 0.3) is 16.5 Å². The van der Waals surface area contributed by atoms with Crippen LogP contribution in [0.3, 0.4) is 0 Å². The minimum atomic E-state index is -0.342. The van der Waals surface area contributed by atoms with Crippen molar-refractivity contribution in [3.8, 4) is 11.4 Å². The Kier molecular flexibility index (Phi) is 9.11. The number of nitrogens with one attached hydrogen (secondary N) is 2. The molecule has 1 atom stereocenters. The number of nitrogens with zero attached hydrogens (tertiary/aromatic N) is 3. The average Bonchev–Trinajstić information content (AvgIpc) is 3.39. The molecule has 42 heavy (non-hydrogen) atoms. The number of carbonyl (C=O) groups is 1. The third-order valence-electron chi connectivity index (χ3n) is 7.46. The first kappa shape index (κ1) is 29.6. The van der Waals surface area contributed by atoms with Gasteiger partial charge < -0.3 is 19.5 Å². The number of fused-ring (bicyclic) bond motifs is 1. The standard InChI is InChI=1S/C33H41N5O4/c1-23-10-12-24(13-11-23)38-31(28(20-34-38)33(2,3)4)36-32(39)35-29-14-15-30(27-9-7-6-8-26(27)29)42-19-17-37-16-18-41-25(21-37)22-40-5/h6-15,20,25H,16-19,21-22H2,1-5H3,(H2,35,36,39). The summed E-state index contributed by atoms with van der Waals surface area (Å²) in [4.78, 5) is 15.8. The Morgan fingerprint density at radius 2 is 1.81 bits per heavy atom. The van der Waals surface area contributed by atoms with E-state index in [2.05, 4.69) is 41.4 Å². The monoisotopic (exact) mass is 571 g/mol. The molecule has 9 nitrogen and oxygen atoms in total. The first-order valence-electron chi connectivity index (χ1n) is 14.4. The number of urea groups is 1. The summed E-state index contributed by atoms with van der Waals surface area (Å²) in [7, 11) is 1.70. The highest BCUT2D eigenvalue weighted by Crippen LogP contribution is 2.34. The number of hydrogen-bond acceptors (Lipinski definition) is 6. The van der Waals surface area contributed by atoms with Crippen molar-refractivity contribution in [2.45, 2.75) is 39.2 Å². The largest absolute Gasteiger partial charge is 0.492 e. The first-order chi connectivity index (χ1) is 20.2. The summed E-state index contributed by atoms with van der Waals surface area (Å²) in [5.41, 5.74) is 3.46. The second-order valence-corrected chi connectivity index (χ2v) is 11.7. The third kappa shape index (κ3) is 6.92. The van der Waals surface area contributed by atoms with Crippen LogP contribution in [0.5, 0.6) is 5.75 Å². The highest BCUT2D eigenvalue weighted by molar-refractivity contribution is 6.07. The first-order valence-corrected chi connectivity index (χ1v) is 14.4. The molecule has 0 spiro atoms. The minimum absolute atomic E-state index is 0.0936. The van der Waals surface area contributed by atoms with Crippen molar-refractivity contribution in [3.05, 3.63) is 78.0 Å². The van der Waals surface area contributed by atoms with Gasteiger partial charge in [0.05, 0.1) is 36.9 Å². The van der Waals surface area contributed by atoms with Crippen LogP contribution >= 0.6 is 0 Å². The van der Waals surface area contributed by atoms with Crippen LogP contribution in [0.1, 0.15) is 31.9 Å². The summed E-state index contributed by atoms with van der Waals surface area (Å²) in [6.45, 7) is 12.7. The van der Waals surface area contributed by atoms with Crippen molar-refractivity contribution in [2.24, 2.45) is 0 Å². The fraction of sp³-hybridized carbons (Fsp3) is 0.394. The van der Waals surface area contributed by atoms with Gasteiger partial charge in [0.25, 0.3) is 0 Å². The van der Waals surface area contributed by atoms with E-state index in [9.17, 15) is 4.79 Å². The van der Waals surface area contributed by atoms with E-state index in [1.54, 1.807) is 11.8 Å². The van der Waals surface area contributed by atoms with E-state index in [1.165, 1.54) is 0 Å². The van der Waals surface area contributed by atoms with Crippen molar-refractivity contribution in [1.29, 1.82) is 0 Å². The Morgan fingerprint density at radius 1 is 1.05 bits per heavy atom. The predicted molar refractivity (Wildman–Crippen MR) is 167 cm³/mol. The lowest BCUT2D eigenvalue weighted by Gasteiger charge is -2.32. The molecule has 1 aromatic heterocycles. The summed E-state index contributed by atoms with van der Waals surface area (Å²) in [5, 5.41) is 12.6. The zero-order chi connectivity index (χ0) is 29.7. The fourth-order valence-corrected chi connectivity index (χ4v) is 5.22. The van der Waals surface area contributed by atoms with Crippen LogP contribution in [0.2, 0.25) is 0 Å². The number of benzene rings is 3. The van der Waals surface area contributed by atoms with Gasteiger partial charge in [-0.05, 0) is 36.6 Å². The normalized spacial score (nSPS) is 16.0. The van der Waals surface area contributed by atoms with Gasteiger partial charge in [0.1, 0.15) is 18.2 Å². The van der Waals surface area contributed by atoms with E-state index in [-0.39, 0.29) is 17.6 Å². The summed E-state index contributed by atoms with van der Waals surface area (Å²) >= 11 is 0. The maximum Gasteiger partial charge on any atom is 0.324 e. The van der Waals surface area contributed by atoms with Crippen LogP contribution in [-0.2, 0) is 14.9 Å². The maximum absolute atomic E-state index is 13.4. The lowest BCUT2D eigenvalue weighted by Crippen LogP contribution is -2.45. The molecule has 0 aliphatic carbocycles. The molecule has 5 rings (SSSR count). The molecule has 2 amide bonds. The Labute approximate surface area is 247 Å². The summed E-state index contributed by atoms with van der Waals surface area (Å²) in [5.74, 6) is 1.43. The Morgan fingerprint density at radius 3 is 2.55 bits per heavy atom. The molecule has 4 aromatic rings. The van der Waals surface area contributed by atoms with E-state index < -0.39 is 0 Å². The Hall–Kier alpha value is -3.92. The molecule has 0 bridgehead atoms. The molecule has 1 unspecified atom stereocenters. The van der Waals surface area contributed by atoms with E-state index in [0.29, 0.717) is 31.3 Å². The Balaban J connectivity index is 1.31. The number of morpholine rings is 1. The molecule has 2 heterocycles. The molecule has 9 heteroatoms. The van der Waals surface area contributed by atoms with Gasteiger partial charge in [-0.15, -0.1) is 0 Å². The van der Waals surface area contributed by atoms with Gasteiger partial charge >= 0.3 is 6.03 Å². The predicted octanol–water partition coefficient (Wildman–Crippen LogP) is 6.00. The van der Waals surface area contributed by atoms with Crippen LogP contribution in [0, 0.1) is 6.92 Å². The zero-order valence-corrected chi connectivity index (χ0v) is 25.1. The highest BCUT2D eigenvalue weighted by atomic mass is 16.5. The average molecular weight is 572 g/mol. The lowest BCUT2D eigenvalue weighted by molar-refractivity contribution is -0.0627. The zero-order valence-electron chi connectivity index (χ0n) is 25.1. The van der Waals surface area contributed by atoms with Gasteiger partial charge in [0, 0.05) is 43.1 Å². The number of anilines is 2. The van der Waals surface area contributed by atoms with E-state index in [4.69, 9.17) is 14.2 Å². The van der Waals surface area contributed by atoms with Crippen molar-refractivity contribution >= 4 is 28.3 Å². The van der Waals surface area contributed by atoms with Crippen LogP contribution in [0.4, 0.5) is 16.3 Å². The lowest BCUT2D eigenvalue weighted by atomic mass is 9.89. The van der Waals surface area contributed by atoms with Crippen molar-refractivity contribution in [1.82, 2.24) is 14.7 Å². The molecule has 3 aromatic carbocycles. The highest BCUT2D eigenvalue weighted by Gasteiger charge is 2.25. The molecule has 1 saturated heterocycles. The summed E-state index contributed by atoms with van der Waals surface area (Å²) in [6, 6.07) is 19.5. The summed E-state index contributed by atoms with van der Waals surface area (Å²) in [6.07, 6.45) is 1.92. The minimum Gasteiger partial charge on any atom is -0.492 e. The number of amides is 2. The number of hydrogen-bond donors (Lipinski definition) is 2. The molecular formula is C33H41N5O4. The van der Waals surface area contributed by atoms with Crippen LogP contribution in [-0.4, -0.2) is 73.4 Å². The third-order valence-corrected chi connectivity index (χ3v) is 7.46. The Bertz CT molecular complexity index is 1510. The molecule has 0 radical (unpaired) electrons. The molecule has 1 aliphatic heterocycles. The summed E-state index contributed by atoms with van der Waals surface area (Å²) < 4.78 is 19.0. The second kappa shape index (κ2) is 12.9. The number of rotatable bonds is 9. The van der Waals surface area contributed by atoms with E-state index in [0.717, 1.165) is 53.0 Å². The van der Waals surface area contributed by atoms with Crippen LogP contribution in [0.15, 0.2) is 66.9 Å². The van der Waals surface area contributed by atoms with Gasteiger partial charge in [-0.25, -0.2) is 9.48 Å². The van der Waals surface area contributed by atoms with Crippen LogP contribution < -0.4 is 15.4 Å². The molecule has 0 saturated carbocycles. The van der Waals surface area contributed by atoms with Gasteiger partial charge in [0.15, 0.2) is 0 Å². The topological polar surface area (TPSA) is 89.9 Å². The quantitative estimate of drug-likeness (QED) is 0.256. The van der Waals surface area contributed by atoms with E-state index >= 15 is 0 Å². The van der Waals surface area contributed by atoms with Gasteiger partial charge in [0.2, 0.25) is 0 Å². The van der Waals surface area contributed by atoms with Gasteiger partial charge in [-0.1, -0.05) is 62.7 Å². The molecular weight excluding hydrogens is 530 g/mol. The molecule has 2 N–H and O–H groups in total. The van der Waals surface area contributed by atoms with Crippen molar-refractivity contribution in [3.63, 3.8) is 0 Å². The SMILES string of the molecule is COCC1CN(CCOc2ccc(NC(=O)Nc3c(C(C)(C)C)cnn3-c3ccc(C)cc3)c3ccccc23)CCO1. The van der Waals surface area contributed by atoms with E-state index in [1.807, 2.05) is 73.8 Å². The number of methoxy groups -OCH3 is 1. The number of ether oxygens (including phenoxy) is 3. The van der Waals surface area contributed by atoms with Gasteiger partial charge in [-0.3, -0.25) is 10.2 Å². The molecule has 1 fully saturated rings. The van der Waals surface area contributed by atoms with Crippen molar-refractivity contribution < 1.29 is 19.0 Å². The number of aryl methyl sites for hydroxylation is 1.